The molecule has 18 heavy (non-hydrogen) atoms. The molecular formula is C12H22N4O2. The highest BCUT2D eigenvalue weighted by atomic mass is 16.5. The fourth-order valence-corrected chi connectivity index (χ4v) is 1.49. The predicted octanol–water partition coefficient (Wildman–Crippen LogP) is 0.858. The Kier molecular flexibility index (Phi) is 7.05. The number of ether oxygens (including phenoxy) is 1. The van der Waals surface area contributed by atoms with E-state index in [0.29, 0.717) is 13.2 Å². The third kappa shape index (κ3) is 5.29. The first kappa shape index (κ1) is 14.7. The van der Waals surface area contributed by atoms with E-state index in [9.17, 15) is 4.79 Å². The average molecular weight is 254 g/mol. The molecule has 0 aromatic carbocycles. The number of aromatic nitrogens is 2. The van der Waals surface area contributed by atoms with E-state index in [1.54, 1.807) is 13.3 Å². The molecule has 0 saturated heterocycles. The van der Waals surface area contributed by atoms with E-state index in [4.69, 9.17) is 4.74 Å². The molecule has 0 unspecified atom stereocenters. The van der Waals surface area contributed by atoms with Gasteiger partial charge >= 0.3 is 0 Å². The Balaban J connectivity index is 2.32. The molecule has 102 valence electrons. The van der Waals surface area contributed by atoms with Crippen molar-refractivity contribution in [3.05, 3.63) is 12.3 Å². The van der Waals surface area contributed by atoms with E-state index in [1.807, 2.05) is 10.7 Å². The number of unbranched alkanes of at least 4 members (excludes halogenated alkanes) is 1. The summed E-state index contributed by atoms with van der Waals surface area (Å²) >= 11 is 0. The minimum absolute atomic E-state index is 0.0654. The summed E-state index contributed by atoms with van der Waals surface area (Å²) in [6, 6.07) is 1.81. The molecule has 0 aliphatic carbocycles. The summed E-state index contributed by atoms with van der Waals surface area (Å²) in [6.45, 7) is 4.50. The van der Waals surface area contributed by atoms with Crippen molar-refractivity contribution in [1.29, 1.82) is 0 Å². The zero-order valence-electron chi connectivity index (χ0n) is 11.1. The summed E-state index contributed by atoms with van der Waals surface area (Å²) in [7, 11) is 1.63. The number of rotatable bonds is 9. The molecule has 1 amide bonds. The molecule has 1 rings (SSSR count). The molecule has 1 aromatic heterocycles. The van der Waals surface area contributed by atoms with Crippen molar-refractivity contribution in [1.82, 2.24) is 15.1 Å². The Bertz CT molecular complexity index is 352. The Labute approximate surface area is 108 Å². The molecule has 0 fully saturated rings. The molecule has 0 radical (unpaired) electrons. The van der Waals surface area contributed by atoms with Gasteiger partial charge in [-0.3, -0.25) is 4.79 Å². The molecule has 0 atom stereocenters. The average Bonchev–Trinajstić information content (AvgIpc) is 2.79. The summed E-state index contributed by atoms with van der Waals surface area (Å²) < 4.78 is 6.70. The summed E-state index contributed by atoms with van der Waals surface area (Å²) in [6.07, 6.45) is 3.85. The number of hydrogen-bond donors (Lipinski definition) is 2. The third-order valence-electron chi connectivity index (χ3n) is 2.48. The lowest BCUT2D eigenvalue weighted by atomic mass is 10.3. The quantitative estimate of drug-likeness (QED) is 0.641. The van der Waals surface area contributed by atoms with Crippen LogP contribution in [0.4, 0.5) is 5.82 Å². The van der Waals surface area contributed by atoms with Crippen LogP contribution in [0.1, 0.15) is 19.8 Å². The van der Waals surface area contributed by atoms with Crippen LogP contribution in [-0.2, 0) is 16.1 Å². The Hall–Kier alpha value is -1.40. The SMILES string of the molecule is CCCCn1nccc1NC(=O)CNCCOC. The van der Waals surface area contributed by atoms with Crippen LogP contribution in [0.15, 0.2) is 12.3 Å². The fourth-order valence-electron chi connectivity index (χ4n) is 1.49. The van der Waals surface area contributed by atoms with Crippen LogP contribution in [0.3, 0.4) is 0 Å². The zero-order chi connectivity index (χ0) is 13.2. The summed E-state index contributed by atoms with van der Waals surface area (Å²) in [5, 5.41) is 10.0. The van der Waals surface area contributed by atoms with Gasteiger partial charge in [-0.1, -0.05) is 13.3 Å². The summed E-state index contributed by atoms with van der Waals surface area (Å²) in [5.74, 6) is 0.686. The number of anilines is 1. The normalized spacial score (nSPS) is 10.6. The predicted molar refractivity (Wildman–Crippen MR) is 70.5 cm³/mol. The molecule has 6 heteroatoms. The van der Waals surface area contributed by atoms with Gasteiger partial charge in [-0.25, -0.2) is 4.68 Å². The van der Waals surface area contributed by atoms with Gasteiger partial charge < -0.3 is 15.4 Å². The smallest absolute Gasteiger partial charge is 0.239 e. The Morgan fingerprint density at radius 2 is 2.39 bits per heavy atom. The van der Waals surface area contributed by atoms with Crippen molar-refractivity contribution in [3.63, 3.8) is 0 Å². The second-order valence-electron chi connectivity index (χ2n) is 4.01. The maximum absolute atomic E-state index is 11.6. The number of aryl methyl sites for hydroxylation is 1. The lowest BCUT2D eigenvalue weighted by Gasteiger charge is -2.09. The van der Waals surface area contributed by atoms with E-state index in [1.165, 1.54) is 0 Å². The number of carbonyl (C=O) groups excluding carboxylic acids is 1. The molecule has 0 saturated carbocycles. The van der Waals surface area contributed by atoms with Crippen molar-refractivity contribution >= 4 is 11.7 Å². The van der Waals surface area contributed by atoms with E-state index >= 15 is 0 Å². The van der Waals surface area contributed by atoms with Crippen LogP contribution in [0.2, 0.25) is 0 Å². The van der Waals surface area contributed by atoms with E-state index < -0.39 is 0 Å². The third-order valence-corrected chi connectivity index (χ3v) is 2.48. The number of nitrogens with one attached hydrogen (secondary N) is 2. The van der Waals surface area contributed by atoms with Crippen molar-refractivity contribution in [2.24, 2.45) is 0 Å². The van der Waals surface area contributed by atoms with E-state index in [2.05, 4.69) is 22.7 Å². The van der Waals surface area contributed by atoms with Gasteiger partial charge in [0.2, 0.25) is 5.91 Å². The highest BCUT2D eigenvalue weighted by molar-refractivity contribution is 5.91. The van der Waals surface area contributed by atoms with E-state index in [0.717, 1.165) is 25.2 Å². The van der Waals surface area contributed by atoms with Crippen molar-refractivity contribution < 1.29 is 9.53 Å². The molecular weight excluding hydrogens is 232 g/mol. The minimum atomic E-state index is -0.0654. The lowest BCUT2D eigenvalue weighted by Crippen LogP contribution is -2.31. The fraction of sp³-hybridized carbons (Fsp3) is 0.667. The van der Waals surface area contributed by atoms with Crippen LogP contribution in [0, 0.1) is 0 Å². The molecule has 0 spiro atoms. The van der Waals surface area contributed by atoms with Crippen LogP contribution in [-0.4, -0.2) is 42.5 Å². The van der Waals surface area contributed by atoms with Crippen molar-refractivity contribution in [2.45, 2.75) is 26.3 Å². The van der Waals surface area contributed by atoms with Gasteiger partial charge in [-0.05, 0) is 6.42 Å². The first-order valence-electron chi connectivity index (χ1n) is 6.29. The summed E-state index contributed by atoms with van der Waals surface area (Å²) in [4.78, 5) is 11.6. The monoisotopic (exact) mass is 254 g/mol. The van der Waals surface area contributed by atoms with Gasteiger partial charge in [-0.15, -0.1) is 0 Å². The van der Waals surface area contributed by atoms with Crippen LogP contribution in [0.5, 0.6) is 0 Å². The zero-order valence-corrected chi connectivity index (χ0v) is 11.1. The Morgan fingerprint density at radius 3 is 3.11 bits per heavy atom. The topological polar surface area (TPSA) is 68.2 Å². The lowest BCUT2D eigenvalue weighted by molar-refractivity contribution is -0.115. The second-order valence-corrected chi connectivity index (χ2v) is 4.01. The molecule has 1 heterocycles. The highest BCUT2D eigenvalue weighted by Gasteiger charge is 2.06. The van der Waals surface area contributed by atoms with Gasteiger partial charge in [0, 0.05) is 26.3 Å². The second kappa shape index (κ2) is 8.66. The van der Waals surface area contributed by atoms with Crippen LogP contribution in [0.25, 0.3) is 0 Å². The maximum Gasteiger partial charge on any atom is 0.239 e. The summed E-state index contributed by atoms with van der Waals surface area (Å²) in [5.41, 5.74) is 0. The van der Waals surface area contributed by atoms with E-state index in [-0.39, 0.29) is 12.5 Å². The van der Waals surface area contributed by atoms with Crippen molar-refractivity contribution in [3.8, 4) is 0 Å². The number of methoxy groups -OCH3 is 1. The number of hydrogen-bond acceptors (Lipinski definition) is 4. The van der Waals surface area contributed by atoms with Gasteiger partial charge in [0.25, 0.3) is 0 Å². The number of carbonyl (C=O) groups is 1. The Morgan fingerprint density at radius 1 is 1.56 bits per heavy atom. The minimum Gasteiger partial charge on any atom is -0.383 e. The molecule has 0 aliphatic heterocycles. The highest BCUT2D eigenvalue weighted by Crippen LogP contribution is 2.07. The molecule has 1 aromatic rings. The van der Waals surface area contributed by atoms with Gasteiger partial charge in [0.15, 0.2) is 0 Å². The molecule has 6 nitrogen and oxygen atoms in total. The maximum atomic E-state index is 11.6. The first-order valence-corrected chi connectivity index (χ1v) is 6.29. The first-order chi connectivity index (χ1) is 8.77. The van der Waals surface area contributed by atoms with Crippen LogP contribution >= 0.6 is 0 Å². The standard InChI is InChI=1S/C12H22N4O2/c1-3-4-8-16-11(5-6-14-16)15-12(17)10-13-7-9-18-2/h5-6,13H,3-4,7-10H2,1-2H3,(H,15,17). The molecule has 0 aliphatic rings. The molecule has 2 N–H and O–H groups in total. The van der Waals surface area contributed by atoms with Gasteiger partial charge in [0.05, 0.1) is 19.3 Å². The molecule has 0 bridgehead atoms. The van der Waals surface area contributed by atoms with Gasteiger partial charge in [0.1, 0.15) is 5.82 Å². The van der Waals surface area contributed by atoms with Gasteiger partial charge in [-0.2, -0.15) is 5.10 Å². The van der Waals surface area contributed by atoms with Crippen LogP contribution < -0.4 is 10.6 Å². The largest absolute Gasteiger partial charge is 0.383 e. The van der Waals surface area contributed by atoms with Crippen molar-refractivity contribution in [2.75, 3.05) is 32.1 Å². The number of amides is 1. The number of nitrogens with zero attached hydrogens (tertiary/aromatic N) is 2.